The van der Waals surface area contributed by atoms with Gasteiger partial charge in [0.25, 0.3) is 0 Å². The van der Waals surface area contributed by atoms with E-state index in [1.165, 1.54) is 0 Å². The summed E-state index contributed by atoms with van der Waals surface area (Å²) in [6, 6.07) is 8.85. The molecule has 0 aliphatic carbocycles. The van der Waals surface area contributed by atoms with Gasteiger partial charge in [-0.05, 0) is 23.8 Å². The lowest BCUT2D eigenvalue weighted by Gasteiger charge is -2.02. The van der Waals surface area contributed by atoms with E-state index in [9.17, 15) is 4.79 Å². The number of carbonyl (C=O) groups is 1. The topological polar surface area (TPSA) is 115 Å². The SMILES string of the molecule is Cn1cc(-c2cnc3[nH]cc(-c4cn(Cc5cccc(C(=O)O)c5)nn4)c3c2)cn1. The van der Waals surface area contributed by atoms with Gasteiger partial charge in [-0.25, -0.2) is 14.5 Å². The standard InChI is InChI=1S/C21H17N7O2/c1-27-11-16(8-24-27)15-6-17-18(9-23-20(17)22-7-15)19-12-28(26-25-19)10-13-3-2-4-14(5-13)21(29)30/h2-9,11-12H,10H2,1H3,(H,22,23)(H,29,30). The minimum Gasteiger partial charge on any atom is -0.478 e. The van der Waals surface area contributed by atoms with E-state index in [1.54, 1.807) is 33.8 Å². The number of aromatic nitrogens is 7. The number of aryl methyl sites for hydroxylation is 1. The van der Waals surface area contributed by atoms with Crippen molar-refractivity contribution in [1.29, 1.82) is 0 Å². The number of nitrogens with one attached hydrogen (secondary N) is 1. The average molecular weight is 399 g/mol. The molecule has 2 N–H and O–H groups in total. The van der Waals surface area contributed by atoms with Gasteiger partial charge in [-0.2, -0.15) is 5.10 Å². The molecule has 30 heavy (non-hydrogen) atoms. The van der Waals surface area contributed by atoms with E-state index < -0.39 is 5.97 Å². The molecule has 0 aliphatic heterocycles. The molecule has 0 fully saturated rings. The number of nitrogens with zero attached hydrogens (tertiary/aromatic N) is 6. The van der Waals surface area contributed by atoms with Crippen LogP contribution in [-0.4, -0.2) is 45.8 Å². The molecular formula is C21H17N7O2. The Morgan fingerprint density at radius 3 is 2.87 bits per heavy atom. The Kier molecular flexibility index (Phi) is 4.13. The van der Waals surface area contributed by atoms with Gasteiger partial charge in [-0.3, -0.25) is 4.68 Å². The zero-order valence-electron chi connectivity index (χ0n) is 16.0. The molecule has 0 saturated carbocycles. The van der Waals surface area contributed by atoms with Gasteiger partial charge in [0.2, 0.25) is 0 Å². The molecule has 0 atom stereocenters. The summed E-state index contributed by atoms with van der Waals surface area (Å²) >= 11 is 0. The highest BCUT2D eigenvalue weighted by Crippen LogP contribution is 2.29. The normalized spacial score (nSPS) is 11.2. The number of hydrogen-bond acceptors (Lipinski definition) is 5. The first-order valence-electron chi connectivity index (χ1n) is 9.26. The third-order valence-electron chi connectivity index (χ3n) is 4.90. The van der Waals surface area contributed by atoms with Crippen LogP contribution in [0.1, 0.15) is 15.9 Å². The maximum atomic E-state index is 11.2. The molecule has 0 saturated heterocycles. The van der Waals surface area contributed by atoms with Gasteiger partial charge in [0, 0.05) is 47.7 Å². The molecule has 0 radical (unpaired) electrons. The van der Waals surface area contributed by atoms with Crippen molar-refractivity contribution >= 4 is 17.0 Å². The van der Waals surface area contributed by atoms with E-state index in [4.69, 9.17) is 5.11 Å². The van der Waals surface area contributed by atoms with Crippen molar-refractivity contribution in [2.24, 2.45) is 7.05 Å². The number of benzene rings is 1. The molecule has 0 aliphatic rings. The average Bonchev–Trinajstić information content (AvgIpc) is 3.47. The van der Waals surface area contributed by atoms with Crippen LogP contribution < -0.4 is 0 Å². The molecule has 5 rings (SSSR count). The molecule has 0 amide bonds. The van der Waals surface area contributed by atoms with Gasteiger partial charge in [0.15, 0.2) is 0 Å². The van der Waals surface area contributed by atoms with Crippen molar-refractivity contribution in [2.45, 2.75) is 6.54 Å². The van der Waals surface area contributed by atoms with Crippen LogP contribution in [-0.2, 0) is 13.6 Å². The first-order chi connectivity index (χ1) is 14.6. The summed E-state index contributed by atoms with van der Waals surface area (Å²) in [5.74, 6) is -0.952. The number of carboxylic acid groups (broad SMARTS) is 1. The first-order valence-corrected chi connectivity index (χ1v) is 9.26. The van der Waals surface area contributed by atoms with Crippen LogP contribution in [0.25, 0.3) is 33.4 Å². The first kappa shape index (κ1) is 17.8. The van der Waals surface area contributed by atoms with E-state index in [0.29, 0.717) is 12.2 Å². The van der Waals surface area contributed by atoms with Crippen molar-refractivity contribution < 1.29 is 9.90 Å². The summed E-state index contributed by atoms with van der Waals surface area (Å²) in [5, 5.41) is 22.8. The Morgan fingerprint density at radius 1 is 1.17 bits per heavy atom. The van der Waals surface area contributed by atoms with Crippen LogP contribution in [0.2, 0.25) is 0 Å². The molecule has 0 bridgehead atoms. The predicted octanol–water partition coefficient (Wildman–Crippen LogP) is 2.97. The Bertz CT molecular complexity index is 1380. The minimum atomic E-state index is -0.952. The second-order valence-electron chi connectivity index (χ2n) is 7.03. The fourth-order valence-corrected chi connectivity index (χ4v) is 3.43. The molecule has 0 unspecified atom stereocenters. The number of fused-ring (bicyclic) bond motifs is 1. The summed E-state index contributed by atoms with van der Waals surface area (Å²) in [5.41, 5.74) is 5.41. The van der Waals surface area contributed by atoms with Gasteiger partial charge in [-0.15, -0.1) is 5.10 Å². The van der Waals surface area contributed by atoms with Gasteiger partial charge >= 0.3 is 5.97 Å². The van der Waals surface area contributed by atoms with E-state index in [-0.39, 0.29) is 5.56 Å². The maximum absolute atomic E-state index is 11.2. The van der Waals surface area contributed by atoms with Crippen LogP contribution in [0, 0.1) is 0 Å². The van der Waals surface area contributed by atoms with E-state index in [2.05, 4.69) is 31.4 Å². The van der Waals surface area contributed by atoms with Crippen LogP contribution in [0.4, 0.5) is 0 Å². The summed E-state index contributed by atoms with van der Waals surface area (Å²) in [4.78, 5) is 18.9. The summed E-state index contributed by atoms with van der Waals surface area (Å²) < 4.78 is 3.44. The third kappa shape index (κ3) is 3.22. The number of rotatable bonds is 5. The van der Waals surface area contributed by atoms with Crippen LogP contribution in [0.15, 0.2) is 61.3 Å². The molecule has 4 aromatic heterocycles. The number of aromatic carboxylic acids is 1. The van der Waals surface area contributed by atoms with Crippen molar-refractivity contribution in [3.63, 3.8) is 0 Å². The zero-order valence-corrected chi connectivity index (χ0v) is 16.0. The Balaban J connectivity index is 1.47. The second-order valence-corrected chi connectivity index (χ2v) is 7.03. The largest absolute Gasteiger partial charge is 0.478 e. The molecule has 0 spiro atoms. The highest BCUT2D eigenvalue weighted by atomic mass is 16.4. The van der Waals surface area contributed by atoms with Crippen molar-refractivity contribution in [3.05, 3.63) is 72.4 Å². The third-order valence-corrected chi connectivity index (χ3v) is 4.90. The Morgan fingerprint density at radius 2 is 2.07 bits per heavy atom. The molecule has 9 nitrogen and oxygen atoms in total. The summed E-state index contributed by atoms with van der Waals surface area (Å²) in [6.45, 7) is 0.426. The zero-order chi connectivity index (χ0) is 20.7. The molecule has 1 aromatic carbocycles. The maximum Gasteiger partial charge on any atom is 0.335 e. The highest BCUT2D eigenvalue weighted by molar-refractivity contribution is 5.94. The van der Waals surface area contributed by atoms with E-state index in [1.807, 2.05) is 37.9 Å². The lowest BCUT2D eigenvalue weighted by Crippen LogP contribution is -2.03. The van der Waals surface area contributed by atoms with Crippen LogP contribution in [0.3, 0.4) is 0 Å². The number of pyridine rings is 1. The summed E-state index contributed by atoms with van der Waals surface area (Å²) in [6.07, 6.45) is 9.26. The quantitative estimate of drug-likeness (QED) is 0.470. The smallest absolute Gasteiger partial charge is 0.335 e. The van der Waals surface area contributed by atoms with Crippen molar-refractivity contribution in [1.82, 2.24) is 34.7 Å². The van der Waals surface area contributed by atoms with Gasteiger partial charge in [-0.1, -0.05) is 17.3 Å². The van der Waals surface area contributed by atoms with Crippen molar-refractivity contribution in [3.8, 4) is 22.4 Å². The molecule has 5 aromatic rings. The fraction of sp³-hybridized carbons (Fsp3) is 0.0952. The minimum absolute atomic E-state index is 0.249. The monoisotopic (exact) mass is 399 g/mol. The Labute approximate surface area is 170 Å². The predicted molar refractivity (Wildman–Crippen MR) is 110 cm³/mol. The van der Waals surface area contributed by atoms with Gasteiger partial charge < -0.3 is 10.1 Å². The van der Waals surface area contributed by atoms with Crippen molar-refractivity contribution in [2.75, 3.05) is 0 Å². The highest BCUT2D eigenvalue weighted by Gasteiger charge is 2.13. The lowest BCUT2D eigenvalue weighted by atomic mass is 10.1. The number of aromatic amines is 1. The molecule has 4 heterocycles. The fourth-order valence-electron chi connectivity index (χ4n) is 3.43. The molecule has 9 heteroatoms. The Hall–Kier alpha value is -4.27. The van der Waals surface area contributed by atoms with E-state index >= 15 is 0 Å². The van der Waals surface area contributed by atoms with Gasteiger partial charge in [0.1, 0.15) is 11.3 Å². The van der Waals surface area contributed by atoms with E-state index in [0.717, 1.165) is 33.3 Å². The lowest BCUT2D eigenvalue weighted by molar-refractivity contribution is 0.0696. The summed E-state index contributed by atoms with van der Waals surface area (Å²) in [7, 11) is 1.88. The van der Waals surface area contributed by atoms with Gasteiger partial charge in [0.05, 0.1) is 24.5 Å². The molecule has 148 valence electrons. The number of H-pyrrole nitrogens is 1. The number of carboxylic acids is 1. The van der Waals surface area contributed by atoms with Crippen LogP contribution in [0.5, 0.6) is 0 Å². The number of hydrogen-bond donors (Lipinski definition) is 2. The molecular weight excluding hydrogens is 382 g/mol. The second kappa shape index (κ2) is 6.96. The van der Waals surface area contributed by atoms with Crippen LogP contribution >= 0.6 is 0 Å².